The second-order valence-electron chi connectivity index (χ2n) is 4.23. The number of Topliss-reactive ketones (excluding diaryl/α,β-unsaturated/α-hetero) is 1. The predicted molar refractivity (Wildman–Crippen MR) is 59.0 cm³/mol. The number of aromatic nitrogens is 1. The second-order valence-corrected chi connectivity index (χ2v) is 4.59. The molecule has 1 fully saturated rings. The Kier molecular flexibility index (Phi) is 2.13. The van der Waals surface area contributed by atoms with Crippen LogP contribution in [0, 0.1) is 0 Å². The molecule has 6 heteroatoms. The summed E-state index contributed by atoms with van der Waals surface area (Å²) in [6.07, 6.45) is 1.94. The number of fused-ring (bicyclic) bond motifs is 2. The third-order valence-corrected chi connectivity index (χ3v) is 3.56. The van der Waals surface area contributed by atoms with Gasteiger partial charge in [-0.3, -0.25) is 4.79 Å². The molecule has 1 N–H and O–H groups in total. The van der Waals surface area contributed by atoms with Crippen molar-refractivity contribution in [3.05, 3.63) is 28.5 Å². The van der Waals surface area contributed by atoms with Gasteiger partial charge >= 0.3 is 6.09 Å². The Morgan fingerprint density at radius 2 is 2.29 bits per heavy atom. The highest BCUT2D eigenvalue weighted by Crippen LogP contribution is 2.39. The largest absolute Gasteiger partial charge is 0.447 e. The highest BCUT2D eigenvalue weighted by atomic mass is 35.5. The maximum Gasteiger partial charge on any atom is 0.408 e. The number of alkyl carbamates (subject to hydrolysis) is 1. The topological polar surface area (TPSA) is 68.3 Å². The number of nitrogens with zero attached hydrogens (tertiary/aromatic N) is 1. The number of hydrogen-bond acceptors (Lipinski definition) is 4. The Bertz CT molecular complexity index is 531. The molecule has 0 aromatic carbocycles. The fourth-order valence-corrected chi connectivity index (χ4v) is 2.69. The van der Waals surface area contributed by atoms with Crippen LogP contribution in [-0.4, -0.2) is 23.5 Å². The van der Waals surface area contributed by atoms with E-state index in [9.17, 15) is 9.59 Å². The molecular formula is C11H9ClN2O3. The minimum Gasteiger partial charge on any atom is -0.447 e. The van der Waals surface area contributed by atoms with Gasteiger partial charge in [-0.25, -0.2) is 9.78 Å². The maximum absolute atomic E-state index is 11.8. The van der Waals surface area contributed by atoms with E-state index < -0.39 is 11.6 Å². The lowest BCUT2D eigenvalue weighted by Crippen LogP contribution is -2.44. The first-order valence-electron chi connectivity index (χ1n) is 5.25. The summed E-state index contributed by atoms with van der Waals surface area (Å²) in [5, 5.41) is 2.96. The highest BCUT2D eigenvalue weighted by molar-refractivity contribution is 6.33. The normalized spacial score (nSPS) is 26.6. The second kappa shape index (κ2) is 3.43. The number of ether oxygens (including phenoxy) is 1. The smallest absolute Gasteiger partial charge is 0.408 e. The van der Waals surface area contributed by atoms with Gasteiger partial charge in [0, 0.05) is 12.6 Å². The van der Waals surface area contributed by atoms with E-state index in [4.69, 9.17) is 16.3 Å². The van der Waals surface area contributed by atoms with Gasteiger partial charge in [0.2, 0.25) is 0 Å². The number of ketones is 1. The van der Waals surface area contributed by atoms with Crippen molar-refractivity contribution < 1.29 is 14.3 Å². The molecule has 1 aliphatic heterocycles. The van der Waals surface area contributed by atoms with Crippen molar-refractivity contribution in [2.24, 2.45) is 0 Å². The van der Waals surface area contributed by atoms with Crippen molar-refractivity contribution in [1.82, 2.24) is 10.3 Å². The van der Waals surface area contributed by atoms with Crippen LogP contribution in [0.2, 0.25) is 5.15 Å². The standard InChI is InChI=1S/C11H9ClN2O3/c12-9-8-6(2-4-13-9)11(3-1-7(8)15)5-17-10(16)14-11/h2,4H,1,3,5H2,(H,14,16)/t11-/m1/s1. The Morgan fingerprint density at radius 1 is 1.47 bits per heavy atom. The Morgan fingerprint density at radius 3 is 3.00 bits per heavy atom. The predicted octanol–water partition coefficient (Wildman–Crippen LogP) is 1.65. The van der Waals surface area contributed by atoms with Gasteiger partial charge in [0.1, 0.15) is 17.3 Å². The number of hydrogen-bond donors (Lipinski definition) is 1. The van der Waals surface area contributed by atoms with Crippen molar-refractivity contribution in [1.29, 1.82) is 0 Å². The van der Waals surface area contributed by atoms with E-state index in [1.165, 1.54) is 6.20 Å². The molecule has 1 aromatic rings. The molecule has 0 saturated carbocycles. The maximum atomic E-state index is 11.8. The third kappa shape index (κ3) is 1.42. The van der Waals surface area contributed by atoms with Crippen LogP contribution in [0.3, 0.4) is 0 Å². The quantitative estimate of drug-likeness (QED) is 0.713. The summed E-state index contributed by atoms with van der Waals surface area (Å²) in [5.41, 5.74) is 0.498. The first kappa shape index (κ1) is 10.5. The van der Waals surface area contributed by atoms with Gasteiger partial charge in [0.05, 0.1) is 5.56 Å². The van der Waals surface area contributed by atoms with Crippen LogP contribution in [0.1, 0.15) is 28.8 Å². The summed E-state index contributed by atoms with van der Waals surface area (Å²) in [6, 6.07) is 1.72. The van der Waals surface area contributed by atoms with Crippen LogP contribution in [0.15, 0.2) is 12.3 Å². The van der Waals surface area contributed by atoms with Crippen molar-refractivity contribution in [3.63, 3.8) is 0 Å². The zero-order valence-corrected chi connectivity index (χ0v) is 9.58. The molecule has 5 nitrogen and oxygen atoms in total. The highest BCUT2D eigenvalue weighted by Gasteiger charge is 2.46. The fourth-order valence-electron chi connectivity index (χ4n) is 2.42. The van der Waals surface area contributed by atoms with Gasteiger partial charge < -0.3 is 10.1 Å². The van der Waals surface area contributed by atoms with Gasteiger partial charge in [-0.05, 0) is 18.1 Å². The number of cyclic esters (lactones) is 1. The molecule has 1 aromatic heterocycles. The molecule has 1 aliphatic carbocycles. The first-order chi connectivity index (χ1) is 8.12. The molecule has 0 unspecified atom stereocenters. The molecule has 2 aliphatic rings. The van der Waals surface area contributed by atoms with Crippen LogP contribution in [0.25, 0.3) is 0 Å². The molecule has 1 amide bonds. The van der Waals surface area contributed by atoms with E-state index in [1.807, 2.05) is 0 Å². The number of pyridine rings is 1. The van der Waals surface area contributed by atoms with Gasteiger partial charge in [0.15, 0.2) is 5.78 Å². The number of nitrogens with one attached hydrogen (secondary N) is 1. The monoisotopic (exact) mass is 252 g/mol. The van der Waals surface area contributed by atoms with Crippen LogP contribution < -0.4 is 5.32 Å². The van der Waals surface area contributed by atoms with E-state index in [-0.39, 0.29) is 17.5 Å². The van der Waals surface area contributed by atoms with Crippen LogP contribution in [0.5, 0.6) is 0 Å². The van der Waals surface area contributed by atoms with Crippen molar-refractivity contribution in [2.75, 3.05) is 6.61 Å². The van der Waals surface area contributed by atoms with E-state index in [1.54, 1.807) is 6.07 Å². The number of carbonyl (C=O) groups excluding carboxylic acids is 2. The summed E-state index contributed by atoms with van der Waals surface area (Å²) in [4.78, 5) is 27.0. The first-order valence-corrected chi connectivity index (χ1v) is 5.63. The lowest BCUT2D eigenvalue weighted by molar-refractivity contribution is 0.0941. The van der Waals surface area contributed by atoms with E-state index in [0.29, 0.717) is 24.0 Å². The molecule has 2 heterocycles. The van der Waals surface area contributed by atoms with Crippen LogP contribution >= 0.6 is 11.6 Å². The molecule has 1 saturated heterocycles. The molecule has 3 rings (SSSR count). The van der Waals surface area contributed by atoms with E-state index >= 15 is 0 Å². The molecule has 88 valence electrons. The molecule has 1 spiro atoms. The van der Waals surface area contributed by atoms with Crippen LogP contribution in [-0.2, 0) is 10.3 Å². The number of rotatable bonds is 0. The Labute approximate surface area is 102 Å². The zero-order valence-electron chi connectivity index (χ0n) is 8.83. The average molecular weight is 253 g/mol. The van der Waals surface area contributed by atoms with Crippen molar-refractivity contribution >= 4 is 23.5 Å². The summed E-state index contributed by atoms with van der Waals surface area (Å²) < 4.78 is 4.95. The SMILES string of the molecule is O=C1N[C@]2(CCC(=O)c3c2ccnc3Cl)CO1. The molecular weight excluding hydrogens is 244 g/mol. The summed E-state index contributed by atoms with van der Waals surface area (Å²) in [6.45, 7) is 0.229. The van der Waals surface area contributed by atoms with Gasteiger partial charge in [-0.2, -0.15) is 0 Å². The van der Waals surface area contributed by atoms with Crippen LogP contribution in [0.4, 0.5) is 4.79 Å². The summed E-state index contributed by atoms with van der Waals surface area (Å²) >= 11 is 5.95. The van der Waals surface area contributed by atoms with E-state index in [2.05, 4.69) is 10.3 Å². The zero-order chi connectivity index (χ0) is 12.0. The number of carbonyl (C=O) groups is 2. The van der Waals surface area contributed by atoms with Gasteiger partial charge in [-0.15, -0.1) is 0 Å². The third-order valence-electron chi connectivity index (χ3n) is 3.27. The lowest BCUT2D eigenvalue weighted by Gasteiger charge is -2.32. The summed E-state index contributed by atoms with van der Waals surface area (Å²) in [7, 11) is 0. The molecule has 1 atom stereocenters. The fraction of sp³-hybridized carbons (Fsp3) is 0.364. The van der Waals surface area contributed by atoms with E-state index in [0.717, 1.165) is 0 Å². The molecule has 17 heavy (non-hydrogen) atoms. The minimum absolute atomic E-state index is 0.0372. The molecule has 0 bridgehead atoms. The van der Waals surface area contributed by atoms with Gasteiger partial charge in [0.25, 0.3) is 0 Å². The average Bonchev–Trinajstić information content (AvgIpc) is 2.67. The Hall–Kier alpha value is -1.62. The Balaban J connectivity index is 2.19. The number of halogens is 1. The van der Waals surface area contributed by atoms with Crippen molar-refractivity contribution in [2.45, 2.75) is 18.4 Å². The summed E-state index contributed by atoms with van der Waals surface area (Å²) in [5.74, 6) is -0.0372. The minimum atomic E-state index is -0.618. The lowest BCUT2D eigenvalue weighted by atomic mass is 9.77. The number of amides is 1. The molecule has 0 radical (unpaired) electrons. The van der Waals surface area contributed by atoms with Gasteiger partial charge in [-0.1, -0.05) is 11.6 Å². The van der Waals surface area contributed by atoms with Crippen molar-refractivity contribution in [3.8, 4) is 0 Å².